The molecule has 4 aliphatic rings. The number of aromatic nitrogens is 3. The maximum absolute atomic E-state index is 13.7. The molecule has 1 amide bonds. The molecule has 4 unspecified atom stereocenters. The first kappa shape index (κ1) is 44.8. The summed E-state index contributed by atoms with van der Waals surface area (Å²) in [5.41, 5.74) is 6.76. The minimum absolute atomic E-state index is 0.0444. The zero-order valence-corrected chi connectivity index (χ0v) is 33.8. The van der Waals surface area contributed by atoms with Crippen molar-refractivity contribution in [1.82, 2.24) is 24.8 Å². The van der Waals surface area contributed by atoms with Crippen molar-refractivity contribution in [3.8, 4) is 6.07 Å². The highest BCUT2D eigenvalue weighted by molar-refractivity contribution is 5.84. The minimum Gasteiger partial charge on any atom is -0.394 e. The minimum atomic E-state index is -1.67. The molecule has 2 heterocycles. The number of nitriles is 1. The van der Waals surface area contributed by atoms with Crippen LogP contribution in [0.2, 0.25) is 0 Å². The van der Waals surface area contributed by atoms with Crippen LogP contribution in [-0.4, -0.2) is 157 Å². The van der Waals surface area contributed by atoms with Crippen molar-refractivity contribution in [1.29, 1.82) is 5.26 Å². The van der Waals surface area contributed by atoms with Gasteiger partial charge >= 0.3 is 0 Å². The van der Waals surface area contributed by atoms with Crippen LogP contribution in [0.25, 0.3) is 0 Å². The van der Waals surface area contributed by atoms with E-state index >= 15 is 0 Å². The second-order valence-corrected chi connectivity index (χ2v) is 17.6. The molecule has 16 heteroatoms. The van der Waals surface area contributed by atoms with Crippen molar-refractivity contribution in [3.05, 3.63) is 11.9 Å². The summed E-state index contributed by atoms with van der Waals surface area (Å²) in [6, 6.07) is 1.51. The van der Waals surface area contributed by atoms with Gasteiger partial charge in [0, 0.05) is 25.3 Å². The van der Waals surface area contributed by atoms with E-state index in [0.717, 1.165) is 70.6 Å². The molecule has 3 saturated carbocycles. The van der Waals surface area contributed by atoms with Gasteiger partial charge in [0.2, 0.25) is 5.91 Å². The molecule has 1 saturated heterocycles. The van der Waals surface area contributed by atoms with Gasteiger partial charge in [0.05, 0.1) is 75.7 Å². The van der Waals surface area contributed by atoms with Crippen molar-refractivity contribution in [2.75, 3.05) is 52.7 Å². The van der Waals surface area contributed by atoms with Crippen LogP contribution in [0.1, 0.15) is 97.1 Å². The van der Waals surface area contributed by atoms with Crippen LogP contribution in [-0.2, 0) is 32.1 Å². The standard InChI is InChI=1S/C40H69N7O9/c1-4-5-6-7-8-45(24-33(49)35(51)36(52)34(50)25-48)22-30-23-46(44-43-30)9-10-54-11-12-55-13-14-56-40-18-27(2)15-28(20-40)19-39(3,26-40)37(42)38(53)47-31(21-41)16-29-17-32(29)47/h23,27-29,31-37,48-52H,4-20,22,24-26,42H2,1-3H3/t27?,28?,29-,31+,32+,33+,34-,35-,36-,37-,39?,40?/m1/s1. The Kier molecular flexibility index (Phi) is 16.5. The third-order valence-electron chi connectivity index (χ3n) is 12.7. The normalized spacial score (nSPS) is 31.1. The summed E-state index contributed by atoms with van der Waals surface area (Å²) in [4.78, 5) is 17.5. The van der Waals surface area contributed by atoms with Gasteiger partial charge in [0.15, 0.2) is 0 Å². The predicted octanol–water partition coefficient (Wildman–Crippen LogP) is 0.961. The maximum Gasteiger partial charge on any atom is 0.241 e. The molecule has 16 nitrogen and oxygen atoms in total. The second-order valence-electron chi connectivity index (χ2n) is 17.6. The Hall–Kier alpha value is -2.30. The molecule has 12 atom stereocenters. The molecule has 0 radical (unpaired) electrons. The first-order chi connectivity index (χ1) is 26.8. The van der Waals surface area contributed by atoms with Crippen LogP contribution in [0, 0.1) is 34.5 Å². The third-order valence-corrected chi connectivity index (χ3v) is 12.7. The SMILES string of the molecule is CCCCCCN(Cc1cn(CCOCCOCCOC23CC(C)CC(C2)CC(C)([C@H](N)C(=O)N2[C@H](C#N)C[C@@H]4C[C@@H]42)C3)nn1)C[C@H](O)[C@@H](O)[C@H](O)[C@H](O)CO. The molecule has 4 fully saturated rings. The second kappa shape index (κ2) is 20.6. The molecule has 0 aromatic carbocycles. The van der Waals surface area contributed by atoms with Gasteiger partial charge in [0.25, 0.3) is 0 Å². The van der Waals surface area contributed by atoms with Crippen LogP contribution in [0.5, 0.6) is 0 Å². The Morgan fingerprint density at radius 2 is 1.77 bits per heavy atom. The van der Waals surface area contributed by atoms with Gasteiger partial charge in [-0.15, -0.1) is 5.10 Å². The molecule has 1 aromatic heterocycles. The first-order valence-electron chi connectivity index (χ1n) is 21.0. The van der Waals surface area contributed by atoms with Crippen molar-refractivity contribution in [2.45, 2.75) is 153 Å². The number of fused-ring (bicyclic) bond motifs is 3. The van der Waals surface area contributed by atoms with Crippen molar-refractivity contribution in [2.24, 2.45) is 28.9 Å². The number of hydrogen-bond acceptors (Lipinski definition) is 14. The van der Waals surface area contributed by atoms with Gasteiger partial charge in [-0.3, -0.25) is 9.69 Å². The van der Waals surface area contributed by atoms with Crippen molar-refractivity contribution < 1.29 is 44.5 Å². The Balaban J connectivity index is 1.00. The summed E-state index contributed by atoms with van der Waals surface area (Å²) < 4.78 is 20.0. The molecule has 2 bridgehead atoms. The lowest BCUT2D eigenvalue weighted by Crippen LogP contribution is -2.60. The lowest BCUT2D eigenvalue weighted by atomic mass is 9.55. The third kappa shape index (κ3) is 11.7. The molecule has 318 valence electrons. The monoisotopic (exact) mass is 792 g/mol. The molecule has 56 heavy (non-hydrogen) atoms. The number of ether oxygens (including phenoxy) is 3. The Morgan fingerprint density at radius 3 is 2.50 bits per heavy atom. The van der Waals surface area contributed by atoms with E-state index in [1.54, 1.807) is 9.58 Å². The highest BCUT2D eigenvalue weighted by Gasteiger charge is 2.59. The largest absolute Gasteiger partial charge is 0.394 e. The average Bonchev–Trinajstić information content (AvgIpc) is 3.60. The number of hydrogen-bond donors (Lipinski definition) is 6. The smallest absolute Gasteiger partial charge is 0.241 e. The van der Waals surface area contributed by atoms with Crippen LogP contribution < -0.4 is 5.73 Å². The summed E-state index contributed by atoms with van der Waals surface area (Å²) >= 11 is 0. The van der Waals surface area contributed by atoms with Gasteiger partial charge in [-0.05, 0) is 81.1 Å². The van der Waals surface area contributed by atoms with Gasteiger partial charge < -0.3 is 50.4 Å². The molecule has 7 N–H and O–H groups in total. The highest BCUT2D eigenvalue weighted by atomic mass is 16.6. The summed E-state index contributed by atoms with van der Waals surface area (Å²) in [5.74, 6) is 1.37. The van der Waals surface area contributed by atoms with E-state index in [2.05, 4.69) is 37.2 Å². The van der Waals surface area contributed by atoms with E-state index < -0.39 is 42.5 Å². The molecular formula is C40H69N7O9. The van der Waals surface area contributed by atoms with Crippen molar-refractivity contribution >= 4 is 5.91 Å². The van der Waals surface area contributed by atoms with Gasteiger partial charge in [-0.25, -0.2) is 4.68 Å². The summed E-state index contributed by atoms with van der Waals surface area (Å²) in [7, 11) is 0. The number of amides is 1. The summed E-state index contributed by atoms with van der Waals surface area (Å²) in [5, 5.41) is 67.9. The molecule has 1 aliphatic heterocycles. The summed E-state index contributed by atoms with van der Waals surface area (Å²) in [6.07, 6.45) is 6.10. The molecule has 5 rings (SSSR count). The number of likely N-dealkylation sites (tertiary alicyclic amines) is 1. The van der Waals surface area contributed by atoms with E-state index in [1.807, 2.05) is 11.1 Å². The van der Waals surface area contributed by atoms with E-state index in [-0.39, 0.29) is 30.1 Å². The van der Waals surface area contributed by atoms with Crippen LogP contribution in [0.3, 0.4) is 0 Å². The quantitative estimate of drug-likeness (QED) is 0.0758. The van der Waals surface area contributed by atoms with Crippen molar-refractivity contribution in [3.63, 3.8) is 0 Å². The van der Waals surface area contributed by atoms with Gasteiger partial charge in [-0.2, -0.15) is 5.26 Å². The number of carbonyl (C=O) groups is 1. The number of aliphatic hydroxyl groups is 5. The zero-order chi connectivity index (χ0) is 40.5. The molecule has 3 aliphatic carbocycles. The number of carbonyl (C=O) groups excluding carboxylic acids is 1. The molecule has 0 spiro atoms. The Labute approximate surface area is 332 Å². The predicted molar refractivity (Wildman–Crippen MR) is 205 cm³/mol. The van der Waals surface area contributed by atoms with Gasteiger partial charge in [-0.1, -0.05) is 45.2 Å². The Bertz CT molecular complexity index is 1410. The number of unbranched alkanes of at least 4 members (excludes halogenated alkanes) is 3. The maximum atomic E-state index is 13.7. The number of nitrogens with zero attached hydrogens (tertiary/aromatic N) is 6. The number of nitrogens with two attached hydrogens (primary N) is 1. The van der Waals surface area contributed by atoms with E-state index in [1.165, 1.54) is 0 Å². The zero-order valence-electron chi connectivity index (χ0n) is 33.8. The highest BCUT2D eigenvalue weighted by Crippen LogP contribution is 2.56. The van der Waals surface area contributed by atoms with Crippen LogP contribution in [0.4, 0.5) is 0 Å². The number of aliphatic hydroxyl groups excluding tert-OH is 5. The van der Waals surface area contributed by atoms with Crippen LogP contribution >= 0.6 is 0 Å². The molecule has 1 aromatic rings. The summed E-state index contributed by atoms with van der Waals surface area (Å²) in [6.45, 7) is 9.49. The topological polar surface area (TPSA) is 233 Å². The fourth-order valence-corrected chi connectivity index (χ4v) is 9.98. The first-order valence-corrected chi connectivity index (χ1v) is 21.0. The van der Waals surface area contributed by atoms with E-state index in [4.69, 9.17) is 25.1 Å². The fraction of sp³-hybridized carbons (Fsp3) is 0.900. The Morgan fingerprint density at radius 1 is 1.04 bits per heavy atom. The van der Waals surface area contributed by atoms with Gasteiger partial charge in [0.1, 0.15) is 24.4 Å². The number of rotatable bonds is 25. The van der Waals surface area contributed by atoms with E-state index in [9.17, 15) is 30.5 Å². The number of piperidine rings is 1. The fourth-order valence-electron chi connectivity index (χ4n) is 9.98. The van der Waals surface area contributed by atoms with Crippen LogP contribution in [0.15, 0.2) is 6.20 Å². The molecular weight excluding hydrogens is 722 g/mol. The average molecular weight is 792 g/mol. The lowest BCUT2D eigenvalue weighted by molar-refractivity contribution is -0.167. The van der Waals surface area contributed by atoms with E-state index in [0.29, 0.717) is 76.1 Å². The lowest BCUT2D eigenvalue weighted by Gasteiger charge is -2.55.